The van der Waals surface area contributed by atoms with Gasteiger partial charge in [0.2, 0.25) is 0 Å². The third kappa shape index (κ3) is 969. The van der Waals surface area contributed by atoms with Crippen molar-refractivity contribution in [1.82, 2.24) is 0 Å². The zero-order valence-electron chi connectivity index (χ0n) is 6.54. The molecule has 12 heteroatoms. The van der Waals surface area contributed by atoms with Gasteiger partial charge in [0.25, 0.3) is 0 Å². The Morgan fingerprint density at radius 2 is 0.750 bits per heavy atom. The summed E-state index contributed by atoms with van der Waals surface area (Å²) in [6.45, 7) is 0. The van der Waals surface area contributed by atoms with Crippen LogP contribution in [0.1, 0.15) is 1.43 Å². The Kier molecular flexibility index (Phi) is 16.7. The maximum atomic E-state index is 8.74. The normalized spacial score (nSPS) is 9.67. The van der Waals surface area contributed by atoms with Crippen molar-refractivity contribution in [3.63, 3.8) is 0 Å². The van der Waals surface area contributed by atoms with Gasteiger partial charge in [-0.2, -0.15) is 16.8 Å². The van der Waals surface area contributed by atoms with Crippen LogP contribution in [0.3, 0.4) is 0 Å². The van der Waals surface area contributed by atoms with E-state index in [2.05, 4.69) is 0 Å². The van der Waals surface area contributed by atoms with Crippen molar-refractivity contribution < 1.29 is 77.7 Å². The van der Waals surface area contributed by atoms with Crippen molar-refractivity contribution in [2.75, 3.05) is 0 Å². The summed E-state index contributed by atoms with van der Waals surface area (Å²) in [7, 11) is -9.33. The predicted molar refractivity (Wildman–Crippen MR) is 29.5 cm³/mol. The topological polar surface area (TPSA) is 149 Å². The quantitative estimate of drug-likeness (QED) is 0.260. The van der Waals surface area contributed by atoms with Gasteiger partial charge in [-0.05, 0) is 0 Å². The van der Waals surface area contributed by atoms with Crippen molar-refractivity contribution in [1.29, 1.82) is 0 Å². The van der Waals surface area contributed by atoms with E-state index >= 15 is 0 Å². The molecular formula is H5AgLiO8S2. The molecule has 4 N–H and O–H groups in total. The van der Waals surface area contributed by atoms with E-state index in [-0.39, 0.29) is 42.7 Å². The molecular weight excluding hydrogens is 307 g/mol. The van der Waals surface area contributed by atoms with E-state index < -0.39 is 20.8 Å². The minimum Gasteiger partial charge on any atom is -1.00 e. The molecule has 0 saturated carbocycles. The van der Waals surface area contributed by atoms with Crippen LogP contribution in [-0.2, 0) is 43.2 Å². The van der Waals surface area contributed by atoms with Gasteiger partial charge in [0, 0.05) is 22.4 Å². The molecule has 0 amide bonds. The first-order valence-corrected chi connectivity index (χ1v) is 4.19. The summed E-state index contributed by atoms with van der Waals surface area (Å²) in [6.07, 6.45) is 0. The fraction of sp³-hybridized carbons (Fsp3) is 0. The Balaban J connectivity index is -0.0000000267. The van der Waals surface area contributed by atoms with Crippen molar-refractivity contribution in [2.24, 2.45) is 0 Å². The predicted octanol–water partition coefficient (Wildman–Crippen LogP) is -4.19. The fourth-order valence-electron chi connectivity index (χ4n) is 0. The number of hydrogen-bond acceptors (Lipinski definition) is 4. The largest absolute Gasteiger partial charge is 1.00 e. The molecule has 0 fully saturated rings. The van der Waals surface area contributed by atoms with Crippen LogP contribution in [0.4, 0.5) is 0 Å². The first kappa shape index (κ1) is 23.1. The molecule has 77 valence electrons. The zero-order chi connectivity index (χ0) is 9.00. The van der Waals surface area contributed by atoms with Crippen LogP contribution in [0.15, 0.2) is 0 Å². The fourth-order valence-corrected chi connectivity index (χ4v) is 0. The summed E-state index contributed by atoms with van der Waals surface area (Å²) < 4.78 is 63.2. The molecule has 0 unspecified atom stereocenters. The van der Waals surface area contributed by atoms with E-state index in [4.69, 9.17) is 35.0 Å². The van der Waals surface area contributed by atoms with Gasteiger partial charge in [0.15, 0.2) is 0 Å². The van der Waals surface area contributed by atoms with E-state index in [0.717, 1.165) is 0 Å². The summed E-state index contributed by atoms with van der Waals surface area (Å²) >= 11 is 0. The Labute approximate surface area is 98.1 Å². The summed E-state index contributed by atoms with van der Waals surface area (Å²) in [5.41, 5.74) is 0. The Morgan fingerprint density at radius 3 is 0.750 bits per heavy atom. The van der Waals surface area contributed by atoms with Crippen molar-refractivity contribution >= 4 is 20.8 Å². The second-order valence-electron chi connectivity index (χ2n) is 0.896. The zero-order valence-corrected chi connectivity index (χ0v) is 8.66. The minimum absolute atomic E-state index is 0. The van der Waals surface area contributed by atoms with Gasteiger partial charge in [-0.25, -0.2) is 0 Å². The Morgan fingerprint density at radius 1 is 0.750 bits per heavy atom. The smallest absolute Gasteiger partial charge is 1.00 e. The molecule has 0 heterocycles. The van der Waals surface area contributed by atoms with Gasteiger partial charge in [-0.3, -0.25) is 18.2 Å². The van der Waals surface area contributed by atoms with Crippen molar-refractivity contribution in [2.45, 2.75) is 0 Å². The molecule has 0 aromatic carbocycles. The monoisotopic (exact) mass is 311 g/mol. The van der Waals surface area contributed by atoms with Crippen LogP contribution in [0.2, 0.25) is 0 Å². The summed E-state index contributed by atoms with van der Waals surface area (Å²) in [5.74, 6) is 0. The average molecular weight is 312 g/mol. The molecule has 0 bridgehead atoms. The van der Waals surface area contributed by atoms with E-state index in [0.29, 0.717) is 0 Å². The summed E-state index contributed by atoms with van der Waals surface area (Å²) in [6, 6.07) is 0. The average Bonchev–Trinajstić information content (AvgIpc) is 1.12. The van der Waals surface area contributed by atoms with Crippen LogP contribution >= 0.6 is 0 Å². The van der Waals surface area contributed by atoms with Gasteiger partial charge in [-0.15, -0.1) is 0 Å². The maximum absolute atomic E-state index is 8.74. The van der Waals surface area contributed by atoms with Gasteiger partial charge >= 0.3 is 39.7 Å². The second-order valence-corrected chi connectivity index (χ2v) is 2.69. The van der Waals surface area contributed by atoms with E-state index in [1.54, 1.807) is 0 Å². The first-order chi connectivity index (χ1) is 4.00. The van der Waals surface area contributed by atoms with Gasteiger partial charge in [0.05, 0.1) is 0 Å². The second kappa shape index (κ2) is 8.67. The number of rotatable bonds is 0. The Bertz CT molecular complexity index is 219. The summed E-state index contributed by atoms with van der Waals surface area (Å²) in [4.78, 5) is 0. The molecule has 1 radical (unpaired) electrons. The third-order valence-electron chi connectivity index (χ3n) is 0. The molecule has 0 aliphatic heterocycles. The minimum atomic E-state index is -4.67. The van der Waals surface area contributed by atoms with Crippen molar-refractivity contribution in [3.05, 3.63) is 0 Å². The van der Waals surface area contributed by atoms with E-state index in [1.807, 2.05) is 0 Å². The maximum Gasteiger partial charge on any atom is 1.00 e. The van der Waals surface area contributed by atoms with Crippen LogP contribution in [0.25, 0.3) is 0 Å². The molecule has 12 heavy (non-hydrogen) atoms. The molecule has 0 aromatic rings. The number of hydrogen-bond donors (Lipinski definition) is 4. The van der Waals surface area contributed by atoms with Crippen LogP contribution in [0.5, 0.6) is 0 Å². The SMILES string of the molecule is O=S(=O)(O)O.O=S(=O)(O)O.[Ag].[H-].[Li+]. The van der Waals surface area contributed by atoms with Crippen LogP contribution in [0, 0.1) is 0 Å². The van der Waals surface area contributed by atoms with Gasteiger partial charge in [-0.1, -0.05) is 0 Å². The molecule has 0 aliphatic rings. The van der Waals surface area contributed by atoms with Gasteiger partial charge in [0.1, 0.15) is 0 Å². The third-order valence-corrected chi connectivity index (χ3v) is 0. The standard InChI is InChI=1S/Ag.Li.2H2O4S.H/c;;2*1-5(2,3)4;/h;;2*(H2,1,2,3,4);/q;+1;;;-1. The van der Waals surface area contributed by atoms with E-state index in [9.17, 15) is 0 Å². The molecule has 0 aromatic heterocycles. The molecule has 0 rings (SSSR count). The molecule has 0 saturated heterocycles. The van der Waals surface area contributed by atoms with Crippen LogP contribution in [-0.4, -0.2) is 35.0 Å². The van der Waals surface area contributed by atoms with Crippen LogP contribution < -0.4 is 18.9 Å². The molecule has 8 nitrogen and oxygen atoms in total. The van der Waals surface area contributed by atoms with E-state index in [1.165, 1.54) is 0 Å². The Hall–Kier alpha value is 1.08. The van der Waals surface area contributed by atoms with Crippen molar-refractivity contribution in [3.8, 4) is 0 Å². The molecule has 0 atom stereocenters. The molecule has 0 aliphatic carbocycles. The van der Waals surface area contributed by atoms with Gasteiger partial charge < -0.3 is 1.43 Å². The summed E-state index contributed by atoms with van der Waals surface area (Å²) in [5, 5.41) is 0. The first-order valence-electron chi connectivity index (χ1n) is 1.40. The molecule has 0 spiro atoms.